The van der Waals surface area contributed by atoms with Crippen molar-refractivity contribution >= 4 is 11.9 Å². The third kappa shape index (κ3) is 6.87. The molecule has 0 bridgehead atoms. The molecule has 0 saturated heterocycles. The zero-order chi connectivity index (χ0) is 17.3. The SMILES string of the molecule is CCC(C)(C)C(=O)OCCOCOCC1(CC(=O)O)CCCC1. The highest BCUT2D eigenvalue weighted by molar-refractivity contribution is 5.75. The largest absolute Gasteiger partial charge is 0.481 e. The number of aliphatic carboxylic acids is 1. The number of hydrogen-bond acceptors (Lipinski definition) is 5. The van der Waals surface area contributed by atoms with Crippen LogP contribution in [0.15, 0.2) is 0 Å². The first kappa shape index (κ1) is 19.9. The van der Waals surface area contributed by atoms with Crippen LogP contribution in [0.25, 0.3) is 0 Å². The fourth-order valence-electron chi connectivity index (χ4n) is 2.73. The van der Waals surface area contributed by atoms with Crippen LogP contribution in [0, 0.1) is 10.8 Å². The van der Waals surface area contributed by atoms with E-state index in [4.69, 9.17) is 19.3 Å². The second-order valence-electron chi connectivity index (χ2n) is 7.03. The summed E-state index contributed by atoms with van der Waals surface area (Å²) < 4.78 is 15.9. The molecule has 6 nitrogen and oxygen atoms in total. The minimum Gasteiger partial charge on any atom is -0.481 e. The minimum atomic E-state index is -0.776. The molecule has 1 N–H and O–H groups in total. The average molecular weight is 330 g/mol. The Balaban J connectivity index is 2.13. The molecule has 134 valence electrons. The number of carbonyl (C=O) groups is 2. The number of carbonyl (C=O) groups excluding carboxylic acids is 1. The summed E-state index contributed by atoms with van der Waals surface area (Å²) in [6, 6.07) is 0. The van der Waals surface area contributed by atoms with Crippen LogP contribution in [0.3, 0.4) is 0 Å². The lowest BCUT2D eigenvalue weighted by atomic mass is 9.84. The molecule has 1 fully saturated rings. The van der Waals surface area contributed by atoms with Crippen molar-refractivity contribution in [1.29, 1.82) is 0 Å². The van der Waals surface area contributed by atoms with Gasteiger partial charge < -0.3 is 19.3 Å². The lowest BCUT2D eigenvalue weighted by Gasteiger charge is -2.26. The van der Waals surface area contributed by atoms with E-state index in [9.17, 15) is 9.59 Å². The molecule has 1 saturated carbocycles. The molecular weight excluding hydrogens is 300 g/mol. The Hall–Kier alpha value is -1.14. The lowest BCUT2D eigenvalue weighted by Crippen LogP contribution is -2.28. The van der Waals surface area contributed by atoms with Crippen molar-refractivity contribution in [1.82, 2.24) is 0 Å². The predicted octanol–water partition coefficient (Wildman–Crippen LogP) is 2.99. The van der Waals surface area contributed by atoms with E-state index in [0.29, 0.717) is 6.61 Å². The summed E-state index contributed by atoms with van der Waals surface area (Å²) in [6.07, 6.45) is 4.77. The van der Waals surface area contributed by atoms with Crippen molar-refractivity contribution in [3.05, 3.63) is 0 Å². The highest BCUT2D eigenvalue weighted by Crippen LogP contribution is 2.41. The second-order valence-corrected chi connectivity index (χ2v) is 7.03. The molecule has 0 aromatic heterocycles. The van der Waals surface area contributed by atoms with Gasteiger partial charge in [0.25, 0.3) is 0 Å². The van der Waals surface area contributed by atoms with Crippen molar-refractivity contribution in [2.24, 2.45) is 10.8 Å². The van der Waals surface area contributed by atoms with E-state index in [1.54, 1.807) is 0 Å². The Labute approximate surface area is 138 Å². The zero-order valence-corrected chi connectivity index (χ0v) is 14.6. The Kier molecular flexibility index (Phi) is 7.99. The highest BCUT2D eigenvalue weighted by Gasteiger charge is 2.36. The zero-order valence-electron chi connectivity index (χ0n) is 14.6. The molecule has 0 radical (unpaired) electrons. The van der Waals surface area contributed by atoms with E-state index in [1.807, 2.05) is 20.8 Å². The lowest BCUT2D eigenvalue weighted by molar-refractivity contribution is -0.158. The van der Waals surface area contributed by atoms with Crippen molar-refractivity contribution in [2.45, 2.75) is 59.3 Å². The molecule has 0 aromatic carbocycles. The monoisotopic (exact) mass is 330 g/mol. The Morgan fingerprint density at radius 1 is 1.13 bits per heavy atom. The fraction of sp³-hybridized carbons (Fsp3) is 0.882. The summed E-state index contributed by atoms with van der Waals surface area (Å²) in [4.78, 5) is 22.7. The Morgan fingerprint density at radius 2 is 1.78 bits per heavy atom. The van der Waals surface area contributed by atoms with Gasteiger partial charge >= 0.3 is 11.9 Å². The van der Waals surface area contributed by atoms with E-state index in [0.717, 1.165) is 32.1 Å². The maximum atomic E-state index is 11.7. The van der Waals surface area contributed by atoms with Crippen LogP contribution in [0.4, 0.5) is 0 Å². The Morgan fingerprint density at radius 3 is 2.35 bits per heavy atom. The fourth-order valence-corrected chi connectivity index (χ4v) is 2.73. The average Bonchev–Trinajstić information content (AvgIpc) is 2.93. The third-order valence-corrected chi connectivity index (χ3v) is 4.66. The molecule has 0 amide bonds. The third-order valence-electron chi connectivity index (χ3n) is 4.66. The molecule has 23 heavy (non-hydrogen) atoms. The molecule has 1 aliphatic rings. The predicted molar refractivity (Wildman–Crippen MR) is 85.0 cm³/mol. The van der Waals surface area contributed by atoms with Gasteiger partial charge in [0.05, 0.1) is 25.0 Å². The molecule has 6 heteroatoms. The van der Waals surface area contributed by atoms with Gasteiger partial charge in [-0.3, -0.25) is 9.59 Å². The van der Waals surface area contributed by atoms with E-state index >= 15 is 0 Å². The molecule has 1 rings (SSSR count). The maximum absolute atomic E-state index is 11.7. The van der Waals surface area contributed by atoms with Gasteiger partial charge in [0.1, 0.15) is 13.4 Å². The van der Waals surface area contributed by atoms with Gasteiger partial charge in [-0.05, 0) is 33.1 Å². The van der Waals surface area contributed by atoms with Crippen molar-refractivity contribution in [3.8, 4) is 0 Å². The highest BCUT2D eigenvalue weighted by atomic mass is 16.7. The number of rotatable bonds is 11. The van der Waals surface area contributed by atoms with Crippen LogP contribution in [-0.4, -0.2) is 43.7 Å². The molecule has 0 aromatic rings. The van der Waals surface area contributed by atoms with Gasteiger partial charge in [0, 0.05) is 5.41 Å². The molecule has 0 atom stereocenters. The van der Waals surface area contributed by atoms with Crippen LogP contribution in [-0.2, 0) is 23.8 Å². The molecule has 0 spiro atoms. The van der Waals surface area contributed by atoms with E-state index < -0.39 is 11.4 Å². The summed E-state index contributed by atoms with van der Waals surface area (Å²) in [5.74, 6) is -1.00. The standard InChI is InChI=1S/C17H30O6/c1-4-16(2,3)15(20)23-10-9-21-13-22-12-17(11-14(18)19)7-5-6-8-17/h4-13H2,1-3H3,(H,18,19). The van der Waals surface area contributed by atoms with Crippen molar-refractivity contribution in [3.63, 3.8) is 0 Å². The molecule has 0 heterocycles. The van der Waals surface area contributed by atoms with Gasteiger partial charge in [-0.2, -0.15) is 0 Å². The number of carboxylic acids is 1. The number of carboxylic acid groups (broad SMARTS) is 1. The smallest absolute Gasteiger partial charge is 0.311 e. The first-order valence-electron chi connectivity index (χ1n) is 8.36. The van der Waals surface area contributed by atoms with Gasteiger partial charge in [-0.1, -0.05) is 19.8 Å². The summed E-state index contributed by atoms with van der Waals surface area (Å²) in [6.45, 7) is 6.62. The summed E-state index contributed by atoms with van der Waals surface area (Å²) in [5, 5.41) is 9.01. The number of hydrogen-bond donors (Lipinski definition) is 1. The summed E-state index contributed by atoms with van der Waals surface area (Å²) in [5.41, 5.74) is -0.713. The number of ether oxygens (including phenoxy) is 3. The van der Waals surface area contributed by atoms with E-state index in [-0.39, 0.29) is 37.8 Å². The van der Waals surface area contributed by atoms with Crippen LogP contribution < -0.4 is 0 Å². The van der Waals surface area contributed by atoms with Crippen LogP contribution in [0.2, 0.25) is 0 Å². The molecule has 1 aliphatic carbocycles. The summed E-state index contributed by atoms with van der Waals surface area (Å²) in [7, 11) is 0. The van der Waals surface area contributed by atoms with Crippen molar-refractivity contribution in [2.75, 3.05) is 26.6 Å². The van der Waals surface area contributed by atoms with Gasteiger partial charge in [-0.25, -0.2) is 0 Å². The van der Waals surface area contributed by atoms with Crippen molar-refractivity contribution < 1.29 is 28.9 Å². The normalized spacial score (nSPS) is 17.2. The first-order chi connectivity index (χ1) is 10.8. The van der Waals surface area contributed by atoms with Crippen LogP contribution >= 0.6 is 0 Å². The maximum Gasteiger partial charge on any atom is 0.311 e. The second kappa shape index (κ2) is 9.23. The minimum absolute atomic E-state index is 0.0933. The quantitative estimate of drug-likeness (QED) is 0.356. The van der Waals surface area contributed by atoms with E-state index in [2.05, 4.69) is 0 Å². The molecule has 0 unspecified atom stereocenters. The van der Waals surface area contributed by atoms with Crippen LogP contribution in [0.1, 0.15) is 59.3 Å². The number of esters is 1. The Bertz CT molecular complexity index is 385. The molecular formula is C17H30O6. The van der Waals surface area contributed by atoms with Crippen LogP contribution in [0.5, 0.6) is 0 Å². The topological polar surface area (TPSA) is 82.1 Å². The first-order valence-corrected chi connectivity index (χ1v) is 8.36. The van der Waals surface area contributed by atoms with Gasteiger partial charge in [0.2, 0.25) is 0 Å². The summed E-state index contributed by atoms with van der Waals surface area (Å²) >= 11 is 0. The van der Waals surface area contributed by atoms with Gasteiger partial charge in [-0.15, -0.1) is 0 Å². The van der Waals surface area contributed by atoms with E-state index in [1.165, 1.54) is 0 Å². The van der Waals surface area contributed by atoms with Gasteiger partial charge in [0.15, 0.2) is 0 Å². The molecule has 0 aliphatic heterocycles.